The average molecular weight is 234 g/mol. The third-order valence-corrected chi connectivity index (χ3v) is 3.59. The van der Waals surface area contributed by atoms with Crippen LogP contribution < -0.4 is 5.32 Å². The average Bonchev–Trinajstić information content (AvgIpc) is 2.13. The summed E-state index contributed by atoms with van der Waals surface area (Å²) in [7, 11) is 0. The molecule has 17 heavy (non-hydrogen) atoms. The van der Waals surface area contributed by atoms with E-state index in [-0.39, 0.29) is 6.04 Å². The van der Waals surface area contributed by atoms with E-state index in [1.54, 1.807) is 19.2 Å². The first kappa shape index (κ1) is 11.9. The summed E-state index contributed by atoms with van der Waals surface area (Å²) < 4.78 is 0. The molecule has 1 aromatic rings. The zero-order valence-corrected chi connectivity index (χ0v) is 10.2. The summed E-state index contributed by atoms with van der Waals surface area (Å²) in [5.74, 6) is 0.231. The number of anilines is 1. The molecule has 2 rings (SSSR count). The summed E-state index contributed by atoms with van der Waals surface area (Å²) in [6.45, 7) is 3.89. The quantitative estimate of drug-likeness (QED) is 0.840. The van der Waals surface area contributed by atoms with Gasteiger partial charge in [-0.2, -0.15) is 0 Å². The van der Waals surface area contributed by atoms with Gasteiger partial charge in [0.25, 0.3) is 0 Å². The Morgan fingerprint density at radius 1 is 1.59 bits per heavy atom. The highest BCUT2D eigenvalue weighted by molar-refractivity contribution is 5.94. The molecule has 0 radical (unpaired) electrons. The number of aryl methyl sites for hydroxylation is 1. The van der Waals surface area contributed by atoms with Crippen molar-refractivity contribution in [2.24, 2.45) is 5.92 Å². The van der Waals surface area contributed by atoms with Crippen LogP contribution in [0.1, 0.15) is 42.1 Å². The first-order valence-electron chi connectivity index (χ1n) is 6.05. The lowest BCUT2D eigenvalue weighted by Gasteiger charge is -2.32. The molecule has 1 aromatic heterocycles. The van der Waals surface area contributed by atoms with Gasteiger partial charge in [0.1, 0.15) is 11.4 Å². The topological polar surface area (TPSA) is 62.2 Å². The normalized spacial score (nSPS) is 17.3. The number of carbonyl (C=O) groups is 1. The first-order valence-corrected chi connectivity index (χ1v) is 6.05. The van der Waals surface area contributed by atoms with Gasteiger partial charge in [-0.1, -0.05) is 6.42 Å². The molecule has 0 aliphatic heterocycles. The zero-order chi connectivity index (χ0) is 12.4. The van der Waals surface area contributed by atoms with E-state index in [1.807, 2.05) is 0 Å². The van der Waals surface area contributed by atoms with Crippen molar-refractivity contribution in [3.05, 3.63) is 23.4 Å². The van der Waals surface area contributed by atoms with E-state index in [0.29, 0.717) is 17.3 Å². The van der Waals surface area contributed by atoms with Crippen LogP contribution in [0.2, 0.25) is 0 Å². The van der Waals surface area contributed by atoms with Crippen LogP contribution in [0.5, 0.6) is 0 Å². The van der Waals surface area contributed by atoms with Gasteiger partial charge < -0.3 is 10.4 Å². The van der Waals surface area contributed by atoms with E-state index in [9.17, 15) is 9.90 Å². The van der Waals surface area contributed by atoms with Crippen molar-refractivity contribution < 1.29 is 9.90 Å². The number of carboxylic acids is 1. The molecule has 1 atom stereocenters. The van der Waals surface area contributed by atoms with E-state index in [1.165, 1.54) is 19.3 Å². The smallest absolute Gasteiger partial charge is 0.339 e. The van der Waals surface area contributed by atoms with Gasteiger partial charge >= 0.3 is 5.97 Å². The Labute approximate surface area is 101 Å². The molecule has 1 aliphatic rings. The molecule has 4 nitrogen and oxygen atoms in total. The highest BCUT2D eigenvalue weighted by Gasteiger charge is 2.25. The van der Waals surface area contributed by atoms with E-state index in [2.05, 4.69) is 17.2 Å². The molecule has 0 aromatic carbocycles. The Morgan fingerprint density at radius 2 is 2.29 bits per heavy atom. The van der Waals surface area contributed by atoms with Crippen LogP contribution in [0.4, 0.5) is 5.82 Å². The fraction of sp³-hybridized carbons (Fsp3) is 0.538. The molecule has 1 heterocycles. The maximum Gasteiger partial charge on any atom is 0.339 e. The molecule has 0 bridgehead atoms. The van der Waals surface area contributed by atoms with Crippen LogP contribution in [-0.2, 0) is 0 Å². The predicted octanol–water partition coefficient (Wildman–Crippen LogP) is 2.69. The number of hydrogen-bond donors (Lipinski definition) is 2. The Bertz CT molecular complexity index is 427. The monoisotopic (exact) mass is 234 g/mol. The number of nitrogens with zero attached hydrogens (tertiary/aromatic N) is 1. The van der Waals surface area contributed by atoms with Gasteiger partial charge in [0, 0.05) is 12.2 Å². The van der Waals surface area contributed by atoms with Crippen LogP contribution in [0.25, 0.3) is 0 Å². The van der Waals surface area contributed by atoms with E-state index in [4.69, 9.17) is 0 Å². The second-order valence-corrected chi connectivity index (χ2v) is 4.78. The molecule has 0 saturated heterocycles. The lowest BCUT2D eigenvalue weighted by molar-refractivity contribution is 0.0696. The second kappa shape index (κ2) is 4.73. The van der Waals surface area contributed by atoms with Crippen molar-refractivity contribution >= 4 is 11.8 Å². The molecule has 0 amide bonds. The second-order valence-electron chi connectivity index (χ2n) is 4.78. The summed E-state index contributed by atoms with van der Waals surface area (Å²) in [6, 6.07) is 2.01. The fourth-order valence-electron chi connectivity index (χ4n) is 2.21. The van der Waals surface area contributed by atoms with Gasteiger partial charge in [-0.15, -0.1) is 0 Å². The van der Waals surface area contributed by atoms with Gasteiger partial charge in [-0.25, -0.2) is 9.78 Å². The van der Waals surface area contributed by atoms with Gasteiger partial charge in [-0.3, -0.25) is 0 Å². The number of carboxylic acid groups (broad SMARTS) is 1. The Balaban J connectivity index is 2.19. The van der Waals surface area contributed by atoms with Crippen molar-refractivity contribution in [3.8, 4) is 0 Å². The summed E-state index contributed by atoms with van der Waals surface area (Å²) in [5.41, 5.74) is 1.04. The molecule has 4 heteroatoms. The van der Waals surface area contributed by atoms with Crippen LogP contribution in [-0.4, -0.2) is 22.1 Å². The minimum absolute atomic E-state index is 0.288. The SMILES string of the molecule is Cc1ccnc(NC(C)C2CCC2)c1C(=O)O. The highest BCUT2D eigenvalue weighted by Crippen LogP contribution is 2.31. The third-order valence-electron chi connectivity index (χ3n) is 3.59. The number of rotatable bonds is 4. The standard InChI is InChI=1S/C13H18N2O2/c1-8-6-7-14-12(11(8)13(16)17)15-9(2)10-4-3-5-10/h6-7,9-10H,3-5H2,1-2H3,(H,14,15)(H,16,17). The van der Waals surface area contributed by atoms with Crippen molar-refractivity contribution in [2.45, 2.75) is 39.2 Å². The maximum atomic E-state index is 11.2. The largest absolute Gasteiger partial charge is 0.478 e. The summed E-state index contributed by atoms with van der Waals surface area (Å²) in [6.07, 6.45) is 5.38. The van der Waals surface area contributed by atoms with Crippen molar-refractivity contribution in [1.82, 2.24) is 4.98 Å². The molecule has 1 saturated carbocycles. The van der Waals surface area contributed by atoms with E-state index < -0.39 is 5.97 Å². The molecular weight excluding hydrogens is 216 g/mol. The molecule has 0 spiro atoms. The molecule has 1 fully saturated rings. The van der Waals surface area contributed by atoms with Gasteiger partial charge in [0.05, 0.1) is 0 Å². The molecule has 2 N–H and O–H groups in total. The Kier molecular flexibility index (Phi) is 3.31. The third kappa shape index (κ3) is 2.40. The Morgan fingerprint density at radius 3 is 2.82 bits per heavy atom. The van der Waals surface area contributed by atoms with E-state index >= 15 is 0 Å². The number of nitrogens with one attached hydrogen (secondary N) is 1. The van der Waals surface area contributed by atoms with Crippen molar-refractivity contribution in [1.29, 1.82) is 0 Å². The van der Waals surface area contributed by atoms with E-state index in [0.717, 1.165) is 5.56 Å². The van der Waals surface area contributed by atoms with Gasteiger partial charge in [-0.05, 0) is 44.2 Å². The summed E-state index contributed by atoms with van der Waals surface area (Å²) in [5, 5.41) is 12.4. The summed E-state index contributed by atoms with van der Waals surface area (Å²) >= 11 is 0. The number of pyridine rings is 1. The van der Waals surface area contributed by atoms with Crippen molar-refractivity contribution in [3.63, 3.8) is 0 Å². The number of aromatic carboxylic acids is 1. The molecular formula is C13H18N2O2. The van der Waals surface area contributed by atoms with Gasteiger partial charge in [0.15, 0.2) is 0 Å². The predicted molar refractivity (Wildman–Crippen MR) is 66.4 cm³/mol. The zero-order valence-electron chi connectivity index (χ0n) is 10.2. The van der Waals surface area contributed by atoms with Crippen LogP contribution in [0.15, 0.2) is 12.3 Å². The Hall–Kier alpha value is -1.58. The minimum Gasteiger partial charge on any atom is -0.478 e. The maximum absolute atomic E-state index is 11.2. The minimum atomic E-state index is -0.918. The molecule has 92 valence electrons. The fourth-order valence-corrected chi connectivity index (χ4v) is 2.21. The summed E-state index contributed by atoms with van der Waals surface area (Å²) in [4.78, 5) is 15.3. The van der Waals surface area contributed by atoms with Gasteiger partial charge in [0.2, 0.25) is 0 Å². The molecule has 1 aliphatic carbocycles. The molecule has 1 unspecified atom stereocenters. The number of aromatic nitrogens is 1. The van der Waals surface area contributed by atoms with Crippen LogP contribution in [0, 0.1) is 12.8 Å². The first-order chi connectivity index (χ1) is 8.09. The number of hydrogen-bond acceptors (Lipinski definition) is 3. The van der Waals surface area contributed by atoms with Crippen molar-refractivity contribution in [2.75, 3.05) is 5.32 Å². The lowest BCUT2D eigenvalue weighted by atomic mass is 9.80. The van der Waals surface area contributed by atoms with Crippen LogP contribution >= 0.6 is 0 Å². The lowest BCUT2D eigenvalue weighted by Crippen LogP contribution is -2.31. The van der Waals surface area contributed by atoms with Crippen LogP contribution in [0.3, 0.4) is 0 Å². The highest BCUT2D eigenvalue weighted by atomic mass is 16.4.